The van der Waals surface area contributed by atoms with Gasteiger partial charge in [0.15, 0.2) is 0 Å². The molecule has 0 saturated carbocycles. The molecule has 0 aliphatic rings. The van der Waals surface area contributed by atoms with E-state index >= 15 is 0 Å². The number of nitrogens with one attached hydrogen (secondary N) is 2. The lowest BCUT2D eigenvalue weighted by Crippen LogP contribution is -2.12. The third kappa shape index (κ3) is 6.31. The summed E-state index contributed by atoms with van der Waals surface area (Å²) in [6.07, 6.45) is 1.31. The first-order valence-corrected chi connectivity index (χ1v) is 12.0. The van der Waals surface area contributed by atoms with Gasteiger partial charge < -0.3 is 18.9 Å². The van der Waals surface area contributed by atoms with Crippen molar-refractivity contribution in [2.45, 2.75) is 0 Å². The van der Waals surface area contributed by atoms with E-state index in [2.05, 4.69) is 16.0 Å². The summed E-state index contributed by atoms with van der Waals surface area (Å²) in [6, 6.07) is 7.29. The minimum atomic E-state index is -4.00. The van der Waals surface area contributed by atoms with Crippen molar-refractivity contribution < 1.29 is 35.8 Å². The van der Waals surface area contributed by atoms with Crippen molar-refractivity contribution in [3.8, 4) is 23.0 Å². The quantitative estimate of drug-likeness (QED) is 0.498. The second kappa shape index (κ2) is 10.3. The van der Waals surface area contributed by atoms with E-state index in [0.717, 1.165) is 10.8 Å². The summed E-state index contributed by atoms with van der Waals surface area (Å²) in [7, 11) is -2.13. The summed E-state index contributed by atoms with van der Waals surface area (Å²) in [4.78, 5) is 0. The summed E-state index contributed by atoms with van der Waals surface area (Å²) in [5, 5.41) is 1.65. The molecule has 2 aromatic carbocycles. The summed E-state index contributed by atoms with van der Waals surface area (Å²) in [5.74, 6) is 1.36. The lowest BCUT2D eigenvalue weighted by molar-refractivity contribution is 0.374. The fourth-order valence-electron chi connectivity index (χ4n) is 2.60. The average molecular weight is 485 g/mol. The summed E-state index contributed by atoms with van der Waals surface area (Å²) in [5.41, 5.74) is 0.524. The molecule has 0 atom stereocenters. The van der Waals surface area contributed by atoms with Crippen molar-refractivity contribution in [2.75, 3.05) is 37.9 Å². The maximum Gasteiger partial charge on any atom is 0.255 e. The first-order valence-electron chi connectivity index (χ1n) is 8.92. The highest BCUT2D eigenvalue weighted by Gasteiger charge is 2.15. The highest BCUT2D eigenvalue weighted by atomic mass is 32.2. The van der Waals surface area contributed by atoms with Crippen LogP contribution in [-0.2, 0) is 20.0 Å². The van der Waals surface area contributed by atoms with E-state index in [1.807, 2.05) is 0 Å². The molecule has 0 aliphatic heterocycles. The number of anilines is 2. The Morgan fingerprint density at radius 3 is 1.88 bits per heavy atom. The molecule has 0 unspecified atom stereocenters. The van der Waals surface area contributed by atoms with Gasteiger partial charge >= 0.3 is 0 Å². The van der Waals surface area contributed by atoms with Gasteiger partial charge in [-0.05, 0) is 24.3 Å². The predicted molar refractivity (Wildman–Crippen MR) is 123 cm³/mol. The van der Waals surface area contributed by atoms with Crippen molar-refractivity contribution >= 4 is 37.5 Å². The van der Waals surface area contributed by atoms with E-state index in [1.165, 1.54) is 52.7 Å². The van der Waals surface area contributed by atoms with Gasteiger partial charge in [-0.15, -0.1) is 0 Å². The molecule has 32 heavy (non-hydrogen) atoms. The topological polar surface area (TPSA) is 129 Å². The standard InChI is InChI=1S/C20H24N2O8S2/c1-6-31(23,24)22-17-11-14(7-8-18(17)28-3)21-32(25,26)10-9-16-19(29-4)12-15(27-2)13-20(16)30-5/h6-13,21-22H,1H2,2-5H3/b10-9+. The molecule has 0 bridgehead atoms. The maximum atomic E-state index is 12.6. The number of sulfonamides is 2. The molecule has 0 amide bonds. The fourth-order valence-corrected chi connectivity index (χ4v) is 3.99. The van der Waals surface area contributed by atoms with Crippen LogP contribution >= 0.6 is 0 Å². The van der Waals surface area contributed by atoms with Crippen molar-refractivity contribution in [3.63, 3.8) is 0 Å². The zero-order chi connectivity index (χ0) is 23.9. The maximum absolute atomic E-state index is 12.6. The molecule has 0 fully saturated rings. The van der Waals surface area contributed by atoms with E-state index < -0.39 is 20.0 Å². The monoisotopic (exact) mass is 484 g/mol. The zero-order valence-corrected chi connectivity index (χ0v) is 19.5. The van der Waals surface area contributed by atoms with Gasteiger partial charge in [0.05, 0.1) is 50.8 Å². The van der Waals surface area contributed by atoms with Crippen molar-refractivity contribution in [3.05, 3.63) is 53.3 Å². The lowest BCUT2D eigenvalue weighted by Gasteiger charge is -2.13. The Labute approximate surface area is 187 Å². The van der Waals surface area contributed by atoms with Crippen LogP contribution in [0, 0.1) is 0 Å². The number of hydrogen-bond donors (Lipinski definition) is 2. The molecule has 0 heterocycles. The first kappa shape index (κ1) is 24.9. The molecule has 174 valence electrons. The lowest BCUT2D eigenvalue weighted by atomic mass is 10.1. The van der Waals surface area contributed by atoms with Crippen LogP contribution < -0.4 is 28.4 Å². The highest BCUT2D eigenvalue weighted by molar-refractivity contribution is 7.95. The minimum absolute atomic E-state index is 0.0371. The van der Waals surface area contributed by atoms with Crippen LogP contribution in [0.3, 0.4) is 0 Å². The Balaban J connectivity index is 2.37. The van der Waals surface area contributed by atoms with Crippen LogP contribution in [0.2, 0.25) is 0 Å². The van der Waals surface area contributed by atoms with Gasteiger partial charge in [-0.3, -0.25) is 9.44 Å². The van der Waals surface area contributed by atoms with Gasteiger partial charge in [-0.25, -0.2) is 16.8 Å². The normalized spacial score (nSPS) is 11.6. The van der Waals surface area contributed by atoms with E-state index in [-0.39, 0.29) is 17.1 Å². The van der Waals surface area contributed by atoms with E-state index in [1.54, 1.807) is 12.1 Å². The molecule has 0 aliphatic carbocycles. The molecule has 0 spiro atoms. The Bertz CT molecular complexity index is 1200. The summed E-state index contributed by atoms with van der Waals surface area (Å²) in [6.45, 7) is 3.22. The van der Waals surface area contributed by atoms with E-state index in [0.29, 0.717) is 22.8 Å². The summed E-state index contributed by atoms with van der Waals surface area (Å²) < 4.78 is 74.3. The second-order valence-corrected chi connectivity index (χ2v) is 9.32. The van der Waals surface area contributed by atoms with Crippen LogP contribution in [-0.4, -0.2) is 45.3 Å². The van der Waals surface area contributed by atoms with Gasteiger partial charge in [-0.1, -0.05) is 6.58 Å². The fraction of sp³-hybridized carbons (Fsp3) is 0.200. The third-order valence-electron chi connectivity index (χ3n) is 4.10. The predicted octanol–water partition coefficient (Wildman–Crippen LogP) is 3.02. The van der Waals surface area contributed by atoms with Crippen LogP contribution in [0.5, 0.6) is 23.0 Å². The SMILES string of the molecule is C=CS(=O)(=O)Nc1cc(NS(=O)(=O)/C=C/c2c(OC)cc(OC)cc2OC)ccc1OC. The molecule has 0 radical (unpaired) electrons. The number of ether oxygens (including phenoxy) is 4. The highest BCUT2D eigenvalue weighted by Crippen LogP contribution is 2.35. The van der Waals surface area contributed by atoms with Crippen LogP contribution in [0.1, 0.15) is 5.56 Å². The molecule has 2 N–H and O–H groups in total. The van der Waals surface area contributed by atoms with Crippen molar-refractivity contribution in [1.29, 1.82) is 0 Å². The van der Waals surface area contributed by atoms with Crippen molar-refractivity contribution in [2.24, 2.45) is 0 Å². The second-order valence-electron chi connectivity index (χ2n) is 6.12. The van der Waals surface area contributed by atoms with Gasteiger partial charge in [0.2, 0.25) is 0 Å². The molecule has 0 aromatic heterocycles. The minimum Gasteiger partial charge on any atom is -0.496 e. The average Bonchev–Trinajstić information content (AvgIpc) is 2.76. The molecule has 12 heteroatoms. The van der Waals surface area contributed by atoms with Gasteiger partial charge in [-0.2, -0.15) is 0 Å². The molecule has 2 aromatic rings. The molecule has 0 saturated heterocycles. The van der Waals surface area contributed by atoms with Crippen LogP contribution in [0.25, 0.3) is 6.08 Å². The Morgan fingerprint density at radius 1 is 0.781 bits per heavy atom. The van der Waals surface area contributed by atoms with E-state index in [4.69, 9.17) is 18.9 Å². The number of hydrogen-bond acceptors (Lipinski definition) is 8. The van der Waals surface area contributed by atoms with Crippen LogP contribution in [0.4, 0.5) is 11.4 Å². The Morgan fingerprint density at radius 2 is 1.38 bits per heavy atom. The van der Waals surface area contributed by atoms with Crippen molar-refractivity contribution in [1.82, 2.24) is 0 Å². The number of methoxy groups -OCH3 is 4. The first-order chi connectivity index (χ1) is 15.1. The third-order valence-corrected chi connectivity index (χ3v) is 6.06. The number of benzene rings is 2. The Kier molecular flexibility index (Phi) is 8.00. The molecule has 2 rings (SSSR count). The number of rotatable bonds is 11. The summed E-state index contributed by atoms with van der Waals surface area (Å²) >= 11 is 0. The van der Waals surface area contributed by atoms with E-state index in [9.17, 15) is 16.8 Å². The van der Waals surface area contributed by atoms with Gasteiger partial charge in [0.1, 0.15) is 23.0 Å². The van der Waals surface area contributed by atoms with Gasteiger partial charge in [0.25, 0.3) is 20.0 Å². The molecular weight excluding hydrogens is 460 g/mol. The van der Waals surface area contributed by atoms with Crippen LogP contribution in [0.15, 0.2) is 47.7 Å². The molecular formula is C20H24N2O8S2. The Hall–Kier alpha value is -3.38. The molecule has 10 nitrogen and oxygen atoms in total. The van der Waals surface area contributed by atoms with Gasteiger partial charge in [0, 0.05) is 17.5 Å². The smallest absolute Gasteiger partial charge is 0.255 e. The largest absolute Gasteiger partial charge is 0.496 e. The zero-order valence-electron chi connectivity index (χ0n) is 17.9.